The lowest BCUT2D eigenvalue weighted by Crippen LogP contribution is -2.61. The number of likely N-dealkylation sites (N-methyl/N-ethyl adjacent to an activating group) is 1. The smallest absolute Gasteiger partial charge is 0.335 e. The quantitative estimate of drug-likeness (QED) is 0.398. The number of aliphatic imine (C=N–C) groups is 1. The molecule has 2 saturated heterocycles. The number of halogens is 1. The van der Waals surface area contributed by atoms with Crippen molar-refractivity contribution in [2.24, 2.45) is 4.99 Å². The number of piperazine rings is 1. The van der Waals surface area contributed by atoms with Gasteiger partial charge in [0.1, 0.15) is 29.9 Å². The molecule has 0 amide bonds. The van der Waals surface area contributed by atoms with Gasteiger partial charge >= 0.3 is 5.97 Å². The molecule has 0 saturated carbocycles. The number of carbonyl (C=O) groups is 1. The summed E-state index contributed by atoms with van der Waals surface area (Å²) < 4.78 is 10.9. The number of carboxylic acid groups (broad SMARTS) is 1. The maximum absolute atomic E-state index is 11.4. The third kappa shape index (κ3) is 4.61. The highest BCUT2D eigenvalue weighted by Crippen LogP contribution is 2.42. The van der Waals surface area contributed by atoms with Crippen molar-refractivity contribution < 1.29 is 34.7 Å². The molecule has 11 nitrogen and oxygen atoms in total. The standard InChI is InChI=1S/C24H27ClN4O7/c1-28-6-8-29(9-7-28)22-12-4-2-3-5-14(12)26-16-11-17(13(25)10-15(16)27-22)35-24-20(32)18(30)19(31)21(36-24)23(33)34/h2-5,10-11,18-21,24,26,30-32H,6-9H2,1H3,(H,33,34)/t18-,19-,20+,21-,24+/m0/s1. The fourth-order valence-electron chi connectivity index (χ4n) is 4.47. The molecular weight excluding hydrogens is 492 g/mol. The highest BCUT2D eigenvalue weighted by atomic mass is 35.5. The van der Waals surface area contributed by atoms with Crippen LogP contribution in [0.25, 0.3) is 0 Å². The summed E-state index contributed by atoms with van der Waals surface area (Å²) in [5.41, 5.74) is 2.91. The molecule has 36 heavy (non-hydrogen) atoms. The molecular formula is C24H27ClN4O7. The Balaban J connectivity index is 1.48. The monoisotopic (exact) mass is 518 g/mol. The Kier molecular flexibility index (Phi) is 6.77. The lowest BCUT2D eigenvalue weighted by molar-refractivity contribution is -0.271. The third-order valence-electron chi connectivity index (χ3n) is 6.57. The number of carboxylic acids is 1. The maximum Gasteiger partial charge on any atom is 0.335 e. The van der Waals surface area contributed by atoms with E-state index in [4.69, 9.17) is 26.1 Å². The molecule has 0 bridgehead atoms. The first-order chi connectivity index (χ1) is 17.2. The molecule has 0 unspecified atom stereocenters. The van der Waals surface area contributed by atoms with Crippen LogP contribution in [0.1, 0.15) is 5.56 Å². The number of nitrogens with one attached hydrogen (secondary N) is 1. The number of amidine groups is 1. The van der Waals surface area contributed by atoms with E-state index in [1.165, 1.54) is 0 Å². The average molecular weight is 519 g/mol. The lowest BCUT2D eigenvalue weighted by Gasteiger charge is -2.38. The molecule has 5 rings (SSSR count). The van der Waals surface area contributed by atoms with Gasteiger partial charge in [-0.15, -0.1) is 0 Å². The number of aliphatic carboxylic acids is 1. The van der Waals surface area contributed by atoms with Gasteiger partial charge in [0.2, 0.25) is 6.29 Å². The number of fused-ring (bicyclic) bond motifs is 2. The Bertz CT molecular complexity index is 1190. The van der Waals surface area contributed by atoms with E-state index in [2.05, 4.69) is 22.2 Å². The molecule has 0 spiro atoms. The predicted octanol–water partition coefficient (Wildman–Crippen LogP) is 0.994. The number of anilines is 2. The summed E-state index contributed by atoms with van der Waals surface area (Å²) in [6, 6.07) is 11.0. The van der Waals surface area contributed by atoms with Gasteiger partial charge < -0.3 is 45.0 Å². The molecule has 5 atom stereocenters. The average Bonchev–Trinajstić information content (AvgIpc) is 3.01. The topological polar surface area (TPSA) is 147 Å². The first kappa shape index (κ1) is 24.8. The van der Waals surface area contributed by atoms with Crippen LogP contribution in [-0.4, -0.2) is 106 Å². The number of benzene rings is 2. The van der Waals surface area contributed by atoms with Gasteiger partial charge in [-0.3, -0.25) is 0 Å². The molecule has 3 aliphatic heterocycles. The van der Waals surface area contributed by atoms with Crippen molar-refractivity contribution in [1.82, 2.24) is 9.80 Å². The second kappa shape index (κ2) is 9.85. The summed E-state index contributed by atoms with van der Waals surface area (Å²) in [6.45, 7) is 3.47. The Hall–Kier alpha value is -2.93. The van der Waals surface area contributed by atoms with Crippen molar-refractivity contribution in [3.05, 3.63) is 47.0 Å². The van der Waals surface area contributed by atoms with Crippen LogP contribution >= 0.6 is 11.6 Å². The van der Waals surface area contributed by atoms with E-state index in [-0.39, 0.29) is 10.8 Å². The fourth-order valence-corrected chi connectivity index (χ4v) is 4.67. The molecule has 2 aromatic carbocycles. The Morgan fingerprint density at radius 1 is 1.08 bits per heavy atom. The number of aliphatic hydroxyl groups excluding tert-OH is 3. The van der Waals surface area contributed by atoms with E-state index in [0.29, 0.717) is 11.4 Å². The molecule has 3 aliphatic rings. The van der Waals surface area contributed by atoms with E-state index < -0.39 is 36.7 Å². The van der Waals surface area contributed by atoms with Gasteiger partial charge in [0, 0.05) is 43.5 Å². The first-order valence-electron chi connectivity index (χ1n) is 11.5. The fraction of sp³-hybridized carbons (Fsp3) is 0.417. The molecule has 2 fully saturated rings. The highest BCUT2D eigenvalue weighted by Gasteiger charge is 2.48. The van der Waals surface area contributed by atoms with E-state index in [1.54, 1.807) is 12.1 Å². The summed E-state index contributed by atoms with van der Waals surface area (Å²) in [5.74, 6) is -0.600. The maximum atomic E-state index is 11.4. The van der Waals surface area contributed by atoms with Crippen LogP contribution < -0.4 is 10.1 Å². The van der Waals surface area contributed by atoms with Crippen molar-refractivity contribution in [1.29, 1.82) is 0 Å². The van der Waals surface area contributed by atoms with E-state index in [9.17, 15) is 25.2 Å². The Morgan fingerprint density at radius 2 is 1.81 bits per heavy atom. The van der Waals surface area contributed by atoms with Crippen LogP contribution in [0.5, 0.6) is 5.75 Å². The van der Waals surface area contributed by atoms with Crippen LogP contribution in [-0.2, 0) is 9.53 Å². The SMILES string of the molecule is CN1CCN(C2=Nc3cc(Cl)c(O[C@@H]4O[C@H](C(=O)O)[C@@H](O)[C@H](O)[C@H]4O)cc3Nc3ccccc32)CC1. The number of para-hydroxylation sites is 1. The van der Waals surface area contributed by atoms with E-state index >= 15 is 0 Å². The second-order valence-corrected chi connectivity index (χ2v) is 9.46. The van der Waals surface area contributed by atoms with Crippen LogP contribution in [0.15, 0.2) is 41.4 Å². The predicted molar refractivity (Wildman–Crippen MR) is 131 cm³/mol. The minimum absolute atomic E-state index is 0.0791. The van der Waals surface area contributed by atoms with Crippen molar-refractivity contribution in [3.8, 4) is 5.75 Å². The largest absolute Gasteiger partial charge is 0.479 e. The van der Waals surface area contributed by atoms with E-state index in [1.807, 2.05) is 24.3 Å². The number of nitrogens with zero attached hydrogens (tertiary/aromatic N) is 3. The zero-order valence-corrected chi connectivity index (χ0v) is 20.2. The molecule has 12 heteroatoms. The molecule has 0 aromatic heterocycles. The van der Waals surface area contributed by atoms with Gasteiger partial charge in [0.25, 0.3) is 0 Å². The molecule has 0 aliphatic carbocycles. The van der Waals surface area contributed by atoms with Crippen LogP contribution in [0.3, 0.4) is 0 Å². The van der Waals surface area contributed by atoms with Crippen LogP contribution in [0.2, 0.25) is 5.02 Å². The Morgan fingerprint density at radius 3 is 2.53 bits per heavy atom. The summed E-state index contributed by atoms with van der Waals surface area (Å²) in [4.78, 5) is 20.9. The summed E-state index contributed by atoms with van der Waals surface area (Å²) in [5, 5.41) is 43.1. The number of aliphatic hydroxyl groups is 3. The Labute approximate surface area is 212 Å². The normalized spacial score (nSPS) is 28.3. The van der Waals surface area contributed by atoms with Gasteiger partial charge in [0.05, 0.1) is 16.4 Å². The highest BCUT2D eigenvalue weighted by molar-refractivity contribution is 6.32. The molecule has 0 radical (unpaired) electrons. The van der Waals surface area contributed by atoms with Gasteiger partial charge in [-0.05, 0) is 25.2 Å². The lowest BCUT2D eigenvalue weighted by atomic mass is 9.99. The zero-order chi connectivity index (χ0) is 25.6. The number of rotatable bonds is 3. The van der Waals surface area contributed by atoms with Gasteiger partial charge in [-0.25, -0.2) is 9.79 Å². The van der Waals surface area contributed by atoms with Crippen molar-refractivity contribution in [2.75, 3.05) is 38.5 Å². The first-order valence-corrected chi connectivity index (χ1v) is 11.9. The second-order valence-electron chi connectivity index (χ2n) is 9.05. The van der Waals surface area contributed by atoms with Gasteiger partial charge in [0.15, 0.2) is 6.10 Å². The van der Waals surface area contributed by atoms with Crippen LogP contribution in [0.4, 0.5) is 17.1 Å². The molecule has 3 heterocycles. The third-order valence-corrected chi connectivity index (χ3v) is 6.87. The molecule has 5 N–H and O–H groups in total. The van der Waals surface area contributed by atoms with Crippen molar-refractivity contribution >= 4 is 40.5 Å². The number of hydrogen-bond acceptors (Lipinski definition) is 10. The van der Waals surface area contributed by atoms with Crippen LogP contribution in [0, 0.1) is 0 Å². The van der Waals surface area contributed by atoms with Crippen molar-refractivity contribution in [3.63, 3.8) is 0 Å². The van der Waals surface area contributed by atoms with Gasteiger partial charge in [-0.2, -0.15) is 0 Å². The summed E-state index contributed by atoms with van der Waals surface area (Å²) in [6.07, 6.45) is -8.68. The number of hydrogen-bond donors (Lipinski definition) is 5. The van der Waals surface area contributed by atoms with Crippen molar-refractivity contribution in [2.45, 2.75) is 30.7 Å². The minimum Gasteiger partial charge on any atom is -0.479 e. The van der Waals surface area contributed by atoms with E-state index in [0.717, 1.165) is 43.3 Å². The molecule has 192 valence electrons. The summed E-state index contributed by atoms with van der Waals surface area (Å²) in [7, 11) is 2.09. The summed E-state index contributed by atoms with van der Waals surface area (Å²) >= 11 is 6.50. The zero-order valence-electron chi connectivity index (χ0n) is 19.4. The van der Waals surface area contributed by atoms with Gasteiger partial charge in [-0.1, -0.05) is 23.7 Å². The number of ether oxygens (including phenoxy) is 2. The molecule has 2 aromatic rings. The minimum atomic E-state index is -1.82.